The molecule has 0 N–H and O–H groups in total. The van der Waals surface area contributed by atoms with Gasteiger partial charge in [-0.05, 0) is 49.2 Å². The second kappa shape index (κ2) is 9.72. The first kappa shape index (κ1) is 24.4. The van der Waals surface area contributed by atoms with E-state index < -0.39 is 34.0 Å². The van der Waals surface area contributed by atoms with Crippen molar-refractivity contribution in [2.45, 2.75) is 37.8 Å². The number of hydrogen-bond donors (Lipinski definition) is 0. The zero-order chi connectivity index (χ0) is 24.3. The molecule has 1 atom stereocenters. The molecule has 176 valence electrons. The van der Waals surface area contributed by atoms with Crippen LogP contribution in [0.2, 0.25) is 0 Å². The van der Waals surface area contributed by atoms with Crippen LogP contribution in [-0.4, -0.2) is 57.5 Å². The summed E-state index contributed by atoms with van der Waals surface area (Å²) in [5.74, 6) is -2.21. The quantitative estimate of drug-likeness (QED) is 0.461. The molecule has 1 unspecified atom stereocenters. The van der Waals surface area contributed by atoms with E-state index in [0.717, 1.165) is 9.87 Å². The molecule has 33 heavy (non-hydrogen) atoms. The van der Waals surface area contributed by atoms with E-state index in [1.165, 1.54) is 38.5 Å². The Morgan fingerprint density at radius 2 is 1.52 bits per heavy atom. The lowest BCUT2D eigenvalue weighted by molar-refractivity contribution is -0.148. The summed E-state index contributed by atoms with van der Waals surface area (Å²) >= 11 is 0. The van der Waals surface area contributed by atoms with E-state index in [0.29, 0.717) is 11.1 Å². The van der Waals surface area contributed by atoms with Crippen LogP contribution in [0.15, 0.2) is 41.3 Å². The van der Waals surface area contributed by atoms with Gasteiger partial charge in [0.15, 0.2) is 0 Å². The van der Waals surface area contributed by atoms with Crippen LogP contribution in [0.5, 0.6) is 0 Å². The van der Waals surface area contributed by atoms with Gasteiger partial charge in [-0.2, -0.15) is 4.31 Å². The smallest absolute Gasteiger partial charge is 0.338 e. The fourth-order valence-corrected chi connectivity index (χ4v) is 5.27. The number of nitrogens with zero attached hydrogens (tertiary/aromatic N) is 1. The third-order valence-electron chi connectivity index (χ3n) is 5.42. The van der Waals surface area contributed by atoms with Crippen LogP contribution in [0.4, 0.5) is 0 Å². The number of aryl methyl sites for hydroxylation is 1. The van der Waals surface area contributed by atoms with Crippen LogP contribution in [0.3, 0.4) is 0 Å². The molecular formula is C23H25NO8S. The summed E-state index contributed by atoms with van der Waals surface area (Å²) in [6.45, 7) is 3.35. The molecule has 0 saturated heterocycles. The minimum atomic E-state index is -4.08. The molecular weight excluding hydrogens is 450 g/mol. The maximum atomic E-state index is 13.5. The van der Waals surface area contributed by atoms with Gasteiger partial charge < -0.3 is 14.2 Å². The highest BCUT2D eigenvalue weighted by atomic mass is 32.2. The number of carbonyl (C=O) groups excluding carboxylic acids is 3. The molecule has 3 rings (SSSR count). The largest absolute Gasteiger partial charge is 0.465 e. The number of hydrogen-bond acceptors (Lipinski definition) is 8. The summed E-state index contributed by atoms with van der Waals surface area (Å²) in [4.78, 5) is 37.3. The highest BCUT2D eigenvalue weighted by Crippen LogP contribution is 2.32. The van der Waals surface area contributed by atoms with Gasteiger partial charge in [-0.25, -0.2) is 18.0 Å². The fourth-order valence-electron chi connectivity index (χ4n) is 3.71. The van der Waals surface area contributed by atoms with Gasteiger partial charge in [0.1, 0.15) is 6.04 Å². The molecule has 0 aromatic heterocycles. The van der Waals surface area contributed by atoms with Crippen molar-refractivity contribution >= 4 is 27.9 Å². The molecule has 0 spiro atoms. The van der Waals surface area contributed by atoms with E-state index in [1.54, 1.807) is 19.1 Å². The van der Waals surface area contributed by atoms with Crippen molar-refractivity contribution in [1.82, 2.24) is 4.31 Å². The average Bonchev–Trinajstić information content (AvgIpc) is 2.81. The number of methoxy groups -OCH3 is 2. The number of ether oxygens (including phenoxy) is 3. The van der Waals surface area contributed by atoms with Gasteiger partial charge in [0.25, 0.3) is 0 Å². The van der Waals surface area contributed by atoms with E-state index in [2.05, 4.69) is 0 Å². The van der Waals surface area contributed by atoms with Gasteiger partial charge in [-0.3, -0.25) is 4.79 Å². The maximum Gasteiger partial charge on any atom is 0.338 e. The maximum absolute atomic E-state index is 13.5. The fraction of sp³-hybridized carbons (Fsp3) is 0.348. The molecule has 0 amide bonds. The SMILES string of the molecule is CCOC(=O)C1Cc2cc(C(=O)OC)c(C(=O)OC)cc2CN1S(=O)(=O)c1ccc(C)cc1. The Labute approximate surface area is 192 Å². The number of rotatable bonds is 6. The second-order valence-corrected chi connectivity index (χ2v) is 9.38. The third kappa shape index (κ3) is 4.76. The minimum absolute atomic E-state index is 0.0273. The molecule has 1 heterocycles. The number of sulfonamides is 1. The van der Waals surface area contributed by atoms with Crippen LogP contribution in [0, 0.1) is 6.92 Å². The Hall–Kier alpha value is -3.24. The van der Waals surface area contributed by atoms with Gasteiger partial charge in [-0.15, -0.1) is 0 Å². The zero-order valence-corrected chi connectivity index (χ0v) is 19.6. The summed E-state index contributed by atoms with van der Waals surface area (Å²) in [5, 5.41) is 0. The van der Waals surface area contributed by atoms with Gasteiger partial charge in [-0.1, -0.05) is 17.7 Å². The molecule has 1 aliphatic heterocycles. The first-order valence-electron chi connectivity index (χ1n) is 10.2. The van der Waals surface area contributed by atoms with Crippen LogP contribution in [-0.2, 0) is 42.0 Å². The van der Waals surface area contributed by atoms with Crippen molar-refractivity contribution < 1.29 is 37.0 Å². The van der Waals surface area contributed by atoms with Gasteiger partial charge in [0, 0.05) is 13.0 Å². The number of carbonyl (C=O) groups is 3. The number of benzene rings is 2. The average molecular weight is 476 g/mol. The Morgan fingerprint density at radius 3 is 2.03 bits per heavy atom. The van der Waals surface area contributed by atoms with Crippen molar-refractivity contribution in [3.8, 4) is 0 Å². The Bertz CT molecular complexity index is 1190. The van der Waals surface area contributed by atoms with E-state index in [1.807, 2.05) is 6.92 Å². The molecule has 1 aliphatic rings. The third-order valence-corrected chi connectivity index (χ3v) is 7.29. The molecule has 0 radical (unpaired) electrons. The van der Waals surface area contributed by atoms with Crippen molar-refractivity contribution in [3.05, 3.63) is 64.2 Å². The predicted octanol–water partition coefficient (Wildman–Crippen LogP) is 2.25. The lowest BCUT2D eigenvalue weighted by Crippen LogP contribution is -2.49. The molecule has 2 aromatic carbocycles. The monoisotopic (exact) mass is 475 g/mol. The molecule has 10 heteroatoms. The van der Waals surface area contributed by atoms with E-state index in [4.69, 9.17) is 14.2 Å². The molecule has 0 saturated carbocycles. The predicted molar refractivity (Wildman–Crippen MR) is 117 cm³/mol. The van der Waals surface area contributed by atoms with Crippen LogP contribution >= 0.6 is 0 Å². The highest BCUT2D eigenvalue weighted by Gasteiger charge is 2.41. The van der Waals surface area contributed by atoms with Gasteiger partial charge in [0.05, 0.1) is 36.8 Å². The topological polar surface area (TPSA) is 116 Å². The summed E-state index contributed by atoms with van der Waals surface area (Å²) in [6, 6.07) is 8.00. The Kier molecular flexibility index (Phi) is 7.19. The molecule has 0 aliphatic carbocycles. The lowest BCUT2D eigenvalue weighted by Gasteiger charge is -2.34. The zero-order valence-electron chi connectivity index (χ0n) is 18.8. The van der Waals surface area contributed by atoms with Crippen LogP contribution in [0.1, 0.15) is 44.3 Å². The second-order valence-electron chi connectivity index (χ2n) is 7.48. The minimum Gasteiger partial charge on any atom is -0.465 e. The molecule has 9 nitrogen and oxygen atoms in total. The lowest BCUT2D eigenvalue weighted by atomic mass is 9.91. The number of esters is 3. The van der Waals surface area contributed by atoms with Crippen LogP contribution in [0.25, 0.3) is 0 Å². The molecule has 0 fully saturated rings. The summed E-state index contributed by atoms with van der Waals surface area (Å²) in [7, 11) is -1.72. The van der Waals surface area contributed by atoms with E-state index >= 15 is 0 Å². The van der Waals surface area contributed by atoms with Gasteiger partial charge >= 0.3 is 17.9 Å². The van der Waals surface area contributed by atoms with Crippen molar-refractivity contribution in [2.24, 2.45) is 0 Å². The van der Waals surface area contributed by atoms with Crippen molar-refractivity contribution in [1.29, 1.82) is 0 Å². The normalized spacial score (nSPS) is 15.9. The Morgan fingerprint density at radius 1 is 0.970 bits per heavy atom. The van der Waals surface area contributed by atoms with Crippen molar-refractivity contribution in [3.63, 3.8) is 0 Å². The van der Waals surface area contributed by atoms with Crippen LogP contribution < -0.4 is 0 Å². The Balaban J connectivity index is 2.15. The van der Waals surface area contributed by atoms with E-state index in [-0.39, 0.29) is 35.6 Å². The number of fused-ring (bicyclic) bond motifs is 1. The van der Waals surface area contributed by atoms with Gasteiger partial charge in [0.2, 0.25) is 10.0 Å². The summed E-state index contributed by atoms with van der Waals surface area (Å²) < 4.78 is 42.7. The standard InChI is InChI=1S/C23H25NO8S/c1-5-32-23(27)20-12-15-10-18(21(25)30-3)19(22(26)31-4)11-16(15)13-24(20)33(28,29)17-8-6-14(2)7-9-17/h6-11,20H,5,12-13H2,1-4H3. The van der Waals surface area contributed by atoms with E-state index in [9.17, 15) is 22.8 Å². The summed E-state index contributed by atoms with van der Waals surface area (Å²) in [5.41, 5.74) is 1.82. The molecule has 0 bridgehead atoms. The summed E-state index contributed by atoms with van der Waals surface area (Å²) in [6.07, 6.45) is -0.0370. The van der Waals surface area contributed by atoms with Crippen molar-refractivity contribution in [2.75, 3.05) is 20.8 Å². The molecule has 2 aromatic rings. The first-order valence-corrected chi connectivity index (χ1v) is 11.7. The first-order chi connectivity index (χ1) is 15.6. The highest BCUT2D eigenvalue weighted by molar-refractivity contribution is 7.89.